The van der Waals surface area contributed by atoms with Crippen LogP contribution in [0, 0.1) is 0 Å². The third-order valence-corrected chi connectivity index (χ3v) is 4.93. The molecule has 3 nitrogen and oxygen atoms in total. The van der Waals surface area contributed by atoms with E-state index in [0.717, 1.165) is 25.8 Å². The third-order valence-electron chi connectivity index (χ3n) is 4.93. The van der Waals surface area contributed by atoms with Crippen LogP contribution in [0.15, 0.2) is 24.3 Å². The summed E-state index contributed by atoms with van der Waals surface area (Å²) < 4.78 is 5.70. The summed E-state index contributed by atoms with van der Waals surface area (Å²) in [6.45, 7) is 7.53. The lowest BCUT2D eigenvalue weighted by molar-refractivity contribution is 0.0813. The second kappa shape index (κ2) is 7.39. The quantitative estimate of drug-likeness (QED) is 0.843. The van der Waals surface area contributed by atoms with Gasteiger partial charge in [0.15, 0.2) is 0 Å². The standard InChI is InChI=1S/C18H28N2O/c1-15-7-4-5-11-20(15)12-6-10-19-18-14-21-13-16-8-2-3-9-17(16)18/h2-3,8-9,15,18-19H,4-7,10-14H2,1H3. The van der Waals surface area contributed by atoms with Gasteiger partial charge in [0.05, 0.1) is 19.3 Å². The molecule has 0 amide bonds. The van der Waals surface area contributed by atoms with Crippen molar-refractivity contribution < 1.29 is 4.74 Å². The average molecular weight is 288 g/mol. The van der Waals surface area contributed by atoms with Crippen LogP contribution in [-0.2, 0) is 11.3 Å². The van der Waals surface area contributed by atoms with Gasteiger partial charge in [-0.25, -0.2) is 0 Å². The maximum atomic E-state index is 5.70. The van der Waals surface area contributed by atoms with Crippen LogP contribution >= 0.6 is 0 Å². The fourth-order valence-corrected chi connectivity index (χ4v) is 3.60. The number of likely N-dealkylation sites (tertiary alicyclic amines) is 1. The van der Waals surface area contributed by atoms with Crippen LogP contribution in [0.2, 0.25) is 0 Å². The zero-order valence-corrected chi connectivity index (χ0v) is 13.2. The molecule has 2 aliphatic rings. The van der Waals surface area contributed by atoms with Crippen LogP contribution in [0.4, 0.5) is 0 Å². The number of nitrogens with zero attached hydrogens (tertiary/aromatic N) is 1. The van der Waals surface area contributed by atoms with Gasteiger partial charge < -0.3 is 15.0 Å². The molecular weight excluding hydrogens is 260 g/mol. The summed E-state index contributed by atoms with van der Waals surface area (Å²) >= 11 is 0. The molecule has 0 saturated carbocycles. The molecule has 1 aromatic carbocycles. The Morgan fingerprint density at radius 2 is 2.19 bits per heavy atom. The van der Waals surface area contributed by atoms with E-state index in [1.54, 1.807) is 0 Å². The summed E-state index contributed by atoms with van der Waals surface area (Å²) in [5.74, 6) is 0. The number of hydrogen-bond donors (Lipinski definition) is 1. The molecule has 0 aromatic heterocycles. The summed E-state index contributed by atoms with van der Waals surface area (Å²) in [5, 5.41) is 3.68. The predicted octanol–water partition coefficient (Wildman–Crippen LogP) is 3.11. The summed E-state index contributed by atoms with van der Waals surface area (Å²) in [4.78, 5) is 2.65. The zero-order valence-electron chi connectivity index (χ0n) is 13.2. The number of hydrogen-bond acceptors (Lipinski definition) is 3. The molecule has 1 fully saturated rings. The zero-order chi connectivity index (χ0) is 14.5. The molecule has 0 radical (unpaired) electrons. The number of fused-ring (bicyclic) bond motifs is 1. The minimum Gasteiger partial charge on any atom is -0.375 e. The second-order valence-corrected chi connectivity index (χ2v) is 6.45. The molecule has 1 aromatic rings. The number of nitrogens with one attached hydrogen (secondary N) is 1. The van der Waals surface area contributed by atoms with Crippen molar-refractivity contribution in [2.75, 3.05) is 26.2 Å². The van der Waals surface area contributed by atoms with Crippen molar-refractivity contribution >= 4 is 0 Å². The van der Waals surface area contributed by atoms with Crippen molar-refractivity contribution in [1.82, 2.24) is 10.2 Å². The summed E-state index contributed by atoms with van der Waals surface area (Å²) in [7, 11) is 0. The minimum atomic E-state index is 0.369. The topological polar surface area (TPSA) is 24.5 Å². The fraction of sp³-hybridized carbons (Fsp3) is 0.667. The average Bonchev–Trinajstić information content (AvgIpc) is 2.53. The Labute approximate surface area is 128 Å². The van der Waals surface area contributed by atoms with Gasteiger partial charge in [0.1, 0.15) is 0 Å². The lowest BCUT2D eigenvalue weighted by Gasteiger charge is -2.33. The van der Waals surface area contributed by atoms with E-state index in [1.165, 1.54) is 49.9 Å². The van der Waals surface area contributed by atoms with Gasteiger partial charge in [-0.1, -0.05) is 30.7 Å². The van der Waals surface area contributed by atoms with Crippen LogP contribution in [0.5, 0.6) is 0 Å². The highest BCUT2D eigenvalue weighted by molar-refractivity contribution is 5.30. The Morgan fingerprint density at radius 3 is 3.10 bits per heavy atom. The van der Waals surface area contributed by atoms with Gasteiger partial charge in [-0.15, -0.1) is 0 Å². The van der Waals surface area contributed by atoms with E-state index in [4.69, 9.17) is 4.74 Å². The number of rotatable bonds is 5. The fourth-order valence-electron chi connectivity index (χ4n) is 3.60. The van der Waals surface area contributed by atoms with Crippen molar-refractivity contribution in [3.8, 4) is 0 Å². The molecule has 0 aliphatic carbocycles. The van der Waals surface area contributed by atoms with Crippen LogP contribution < -0.4 is 5.32 Å². The van der Waals surface area contributed by atoms with Crippen molar-refractivity contribution in [2.45, 2.75) is 51.3 Å². The highest BCUT2D eigenvalue weighted by Gasteiger charge is 2.20. The molecule has 2 heterocycles. The Kier molecular flexibility index (Phi) is 5.28. The van der Waals surface area contributed by atoms with Crippen LogP contribution in [0.3, 0.4) is 0 Å². The van der Waals surface area contributed by atoms with E-state index in [9.17, 15) is 0 Å². The van der Waals surface area contributed by atoms with Gasteiger partial charge in [-0.2, -0.15) is 0 Å². The predicted molar refractivity (Wildman–Crippen MR) is 86.3 cm³/mol. The van der Waals surface area contributed by atoms with Crippen LogP contribution in [0.25, 0.3) is 0 Å². The maximum absolute atomic E-state index is 5.70. The molecule has 2 unspecified atom stereocenters. The van der Waals surface area contributed by atoms with Crippen molar-refractivity contribution in [3.63, 3.8) is 0 Å². The number of piperidine rings is 1. The van der Waals surface area contributed by atoms with E-state index in [0.29, 0.717) is 6.04 Å². The molecular formula is C18H28N2O. The van der Waals surface area contributed by atoms with Gasteiger partial charge in [0.2, 0.25) is 0 Å². The summed E-state index contributed by atoms with van der Waals surface area (Å²) in [5.41, 5.74) is 2.76. The molecule has 21 heavy (non-hydrogen) atoms. The number of ether oxygens (including phenoxy) is 1. The maximum Gasteiger partial charge on any atom is 0.0721 e. The van der Waals surface area contributed by atoms with E-state index in [-0.39, 0.29) is 0 Å². The largest absolute Gasteiger partial charge is 0.375 e. The first kappa shape index (κ1) is 15.0. The van der Waals surface area contributed by atoms with E-state index >= 15 is 0 Å². The lowest BCUT2D eigenvalue weighted by atomic mass is 9.99. The Morgan fingerprint density at radius 1 is 1.29 bits per heavy atom. The highest BCUT2D eigenvalue weighted by Crippen LogP contribution is 2.24. The van der Waals surface area contributed by atoms with Crippen molar-refractivity contribution in [1.29, 1.82) is 0 Å². The first-order valence-corrected chi connectivity index (χ1v) is 8.47. The Hall–Kier alpha value is -0.900. The lowest BCUT2D eigenvalue weighted by Crippen LogP contribution is -2.39. The van der Waals surface area contributed by atoms with Gasteiger partial charge in [0.25, 0.3) is 0 Å². The minimum absolute atomic E-state index is 0.369. The molecule has 1 N–H and O–H groups in total. The summed E-state index contributed by atoms with van der Waals surface area (Å²) in [6, 6.07) is 9.79. The van der Waals surface area contributed by atoms with Crippen molar-refractivity contribution in [3.05, 3.63) is 35.4 Å². The van der Waals surface area contributed by atoms with Crippen molar-refractivity contribution in [2.24, 2.45) is 0 Å². The molecule has 1 saturated heterocycles. The molecule has 116 valence electrons. The van der Waals surface area contributed by atoms with E-state index in [2.05, 4.69) is 41.4 Å². The second-order valence-electron chi connectivity index (χ2n) is 6.45. The number of benzene rings is 1. The molecule has 0 spiro atoms. The molecule has 2 atom stereocenters. The molecule has 2 aliphatic heterocycles. The van der Waals surface area contributed by atoms with E-state index < -0.39 is 0 Å². The Balaban J connectivity index is 1.44. The SMILES string of the molecule is CC1CCCCN1CCCNC1COCc2ccccc21. The third kappa shape index (κ3) is 3.85. The monoisotopic (exact) mass is 288 g/mol. The molecule has 3 heteroatoms. The normalized spacial score (nSPS) is 26.5. The first-order valence-electron chi connectivity index (χ1n) is 8.47. The molecule has 0 bridgehead atoms. The van der Waals surface area contributed by atoms with Crippen LogP contribution in [0.1, 0.15) is 49.8 Å². The van der Waals surface area contributed by atoms with Gasteiger partial charge in [-0.3, -0.25) is 0 Å². The molecule has 3 rings (SSSR count). The highest BCUT2D eigenvalue weighted by atomic mass is 16.5. The summed E-state index contributed by atoms with van der Waals surface area (Å²) in [6.07, 6.45) is 5.38. The van der Waals surface area contributed by atoms with Gasteiger partial charge in [-0.05, 0) is 56.9 Å². The van der Waals surface area contributed by atoms with E-state index in [1.807, 2.05) is 0 Å². The van der Waals surface area contributed by atoms with Gasteiger partial charge >= 0.3 is 0 Å². The Bertz CT molecular complexity index is 449. The van der Waals surface area contributed by atoms with Gasteiger partial charge in [0, 0.05) is 6.04 Å². The van der Waals surface area contributed by atoms with Crippen LogP contribution in [-0.4, -0.2) is 37.2 Å². The first-order chi connectivity index (χ1) is 10.3. The smallest absolute Gasteiger partial charge is 0.0721 e.